The molecule has 2 N–H and O–H groups in total. The van der Waals surface area contributed by atoms with Crippen molar-refractivity contribution >= 4 is 43.1 Å². The number of aryl methyl sites for hydroxylation is 2. The largest absolute Gasteiger partial charge is 0.367 e. The molecule has 8 nitrogen and oxygen atoms in total. The Morgan fingerprint density at radius 1 is 1.15 bits per heavy atom. The summed E-state index contributed by atoms with van der Waals surface area (Å²) in [5, 5.41) is 15.6. The summed E-state index contributed by atoms with van der Waals surface area (Å²) in [4.78, 5) is 0. The van der Waals surface area contributed by atoms with Crippen LogP contribution in [0, 0.1) is 13.8 Å². The number of thiophene rings is 1. The van der Waals surface area contributed by atoms with Crippen molar-refractivity contribution in [2.24, 2.45) is 0 Å². The average Bonchev–Trinajstić information content (AvgIpc) is 3.18. The zero-order valence-corrected chi connectivity index (χ0v) is 17.3. The number of nitrogens with one attached hydrogen (secondary N) is 2. The minimum atomic E-state index is -3.49. The number of sulfonamides is 1. The summed E-state index contributed by atoms with van der Waals surface area (Å²) in [6, 6.07) is 8.82. The SMILES string of the molecule is Cc1cc(C)n(-c2ccc(NCCNS(=O)(=O)c3ccc(Br)s3)nn2)n1. The Bertz CT molecular complexity index is 998. The van der Waals surface area contributed by atoms with Gasteiger partial charge in [-0.25, -0.2) is 17.8 Å². The minimum absolute atomic E-state index is 0.235. The zero-order chi connectivity index (χ0) is 18.7. The van der Waals surface area contributed by atoms with Crippen LogP contribution in [0.5, 0.6) is 0 Å². The van der Waals surface area contributed by atoms with Crippen molar-refractivity contribution < 1.29 is 8.42 Å². The van der Waals surface area contributed by atoms with Gasteiger partial charge in [-0.15, -0.1) is 21.5 Å². The molecule has 11 heteroatoms. The Kier molecular flexibility index (Phi) is 5.70. The van der Waals surface area contributed by atoms with Crippen LogP contribution in [0.3, 0.4) is 0 Å². The zero-order valence-electron chi connectivity index (χ0n) is 14.1. The summed E-state index contributed by atoms with van der Waals surface area (Å²) in [6.07, 6.45) is 0. The summed E-state index contributed by atoms with van der Waals surface area (Å²) in [5.74, 6) is 1.19. The third kappa shape index (κ3) is 4.47. The summed E-state index contributed by atoms with van der Waals surface area (Å²) < 4.78 is 29.5. The van der Waals surface area contributed by atoms with Gasteiger partial charge in [-0.3, -0.25) is 0 Å². The first-order valence-electron chi connectivity index (χ1n) is 7.71. The molecule has 0 atom stereocenters. The number of rotatable bonds is 7. The normalized spacial score (nSPS) is 11.7. The lowest BCUT2D eigenvalue weighted by atomic mass is 10.4. The second-order valence-electron chi connectivity index (χ2n) is 5.50. The molecule has 3 aromatic heterocycles. The molecule has 0 aliphatic rings. The summed E-state index contributed by atoms with van der Waals surface area (Å²) in [7, 11) is -3.49. The predicted molar refractivity (Wildman–Crippen MR) is 104 cm³/mol. The Balaban J connectivity index is 1.53. The van der Waals surface area contributed by atoms with E-state index < -0.39 is 10.0 Å². The third-order valence-corrected chi connectivity index (χ3v) is 6.99. The van der Waals surface area contributed by atoms with Crippen molar-refractivity contribution in [2.75, 3.05) is 18.4 Å². The van der Waals surface area contributed by atoms with E-state index in [2.05, 4.69) is 41.3 Å². The number of hydrogen-bond donors (Lipinski definition) is 2. The summed E-state index contributed by atoms with van der Waals surface area (Å²) in [6.45, 7) is 4.49. The molecule has 0 aliphatic carbocycles. The monoisotopic (exact) mass is 456 g/mol. The lowest BCUT2D eigenvalue weighted by Gasteiger charge is -2.08. The first-order chi connectivity index (χ1) is 12.3. The molecule has 0 aliphatic heterocycles. The number of anilines is 1. The molecule has 0 saturated carbocycles. The molecule has 3 aromatic rings. The number of nitrogens with zero attached hydrogens (tertiary/aromatic N) is 4. The number of halogens is 1. The predicted octanol–water partition coefficient (Wildman–Crippen LogP) is 2.49. The van der Waals surface area contributed by atoms with Crippen LogP contribution in [0.1, 0.15) is 11.4 Å². The van der Waals surface area contributed by atoms with Crippen LogP contribution < -0.4 is 10.0 Å². The number of hydrogen-bond acceptors (Lipinski definition) is 7. The molecule has 0 saturated heterocycles. The van der Waals surface area contributed by atoms with Crippen LogP contribution in [0.2, 0.25) is 0 Å². The summed E-state index contributed by atoms with van der Waals surface area (Å²) >= 11 is 4.42. The van der Waals surface area contributed by atoms with Gasteiger partial charge in [-0.2, -0.15) is 5.10 Å². The Morgan fingerprint density at radius 3 is 2.54 bits per heavy atom. The highest BCUT2D eigenvalue weighted by Gasteiger charge is 2.15. The number of aromatic nitrogens is 4. The van der Waals surface area contributed by atoms with Gasteiger partial charge in [0.2, 0.25) is 10.0 Å². The van der Waals surface area contributed by atoms with Gasteiger partial charge in [0.25, 0.3) is 0 Å². The first-order valence-corrected chi connectivity index (χ1v) is 10.8. The molecule has 26 heavy (non-hydrogen) atoms. The van der Waals surface area contributed by atoms with Crippen LogP contribution in [0.4, 0.5) is 5.82 Å². The van der Waals surface area contributed by atoms with Crippen molar-refractivity contribution in [1.82, 2.24) is 24.7 Å². The molecule has 0 amide bonds. The van der Waals surface area contributed by atoms with Crippen molar-refractivity contribution in [3.63, 3.8) is 0 Å². The Hall–Kier alpha value is -1.82. The lowest BCUT2D eigenvalue weighted by Crippen LogP contribution is -2.28. The highest BCUT2D eigenvalue weighted by molar-refractivity contribution is 9.11. The fraction of sp³-hybridized carbons (Fsp3) is 0.267. The Labute approximate surface area is 163 Å². The van der Waals surface area contributed by atoms with E-state index in [1.54, 1.807) is 22.9 Å². The van der Waals surface area contributed by atoms with E-state index >= 15 is 0 Å². The molecular formula is C15H17BrN6O2S2. The van der Waals surface area contributed by atoms with Gasteiger partial charge >= 0.3 is 0 Å². The summed E-state index contributed by atoms with van der Waals surface area (Å²) in [5.41, 5.74) is 1.89. The second-order valence-corrected chi connectivity index (χ2v) is 9.96. The third-order valence-electron chi connectivity index (χ3n) is 3.41. The topological polar surface area (TPSA) is 102 Å². The standard InChI is InChI=1S/C15H17BrN6O2S2/c1-10-9-11(2)22(21-10)14-5-4-13(19-20-14)17-7-8-18-26(23,24)15-6-3-12(16)25-15/h3-6,9,18H,7-8H2,1-2H3,(H,17,19). The molecule has 3 heterocycles. The van der Waals surface area contributed by atoms with Crippen molar-refractivity contribution in [2.45, 2.75) is 18.1 Å². The maximum absolute atomic E-state index is 12.1. The smallest absolute Gasteiger partial charge is 0.250 e. The first kappa shape index (κ1) is 19.0. The van der Waals surface area contributed by atoms with Gasteiger partial charge in [-0.05, 0) is 60.1 Å². The van der Waals surface area contributed by atoms with E-state index in [1.807, 2.05) is 26.0 Å². The van der Waals surface area contributed by atoms with E-state index in [1.165, 1.54) is 11.3 Å². The fourth-order valence-electron chi connectivity index (χ4n) is 2.28. The van der Waals surface area contributed by atoms with E-state index in [4.69, 9.17) is 0 Å². The van der Waals surface area contributed by atoms with Crippen LogP contribution >= 0.6 is 27.3 Å². The van der Waals surface area contributed by atoms with Crippen LogP contribution in [0.25, 0.3) is 5.82 Å². The van der Waals surface area contributed by atoms with Crippen LogP contribution in [-0.4, -0.2) is 41.5 Å². The fourth-order valence-corrected chi connectivity index (χ4v) is 5.37. The molecular weight excluding hydrogens is 440 g/mol. The molecule has 0 spiro atoms. The molecule has 3 rings (SSSR count). The van der Waals surface area contributed by atoms with Crippen LogP contribution in [-0.2, 0) is 10.0 Å². The molecule has 0 aromatic carbocycles. The van der Waals surface area contributed by atoms with E-state index in [0.717, 1.165) is 15.2 Å². The molecule has 0 radical (unpaired) electrons. The Morgan fingerprint density at radius 2 is 1.96 bits per heavy atom. The van der Waals surface area contributed by atoms with Gasteiger partial charge < -0.3 is 5.32 Å². The van der Waals surface area contributed by atoms with Gasteiger partial charge in [0.1, 0.15) is 10.0 Å². The van der Waals surface area contributed by atoms with E-state index in [-0.39, 0.29) is 10.8 Å². The maximum Gasteiger partial charge on any atom is 0.250 e. The average molecular weight is 457 g/mol. The minimum Gasteiger partial charge on any atom is -0.367 e. The van der Waals surface area contributed by atoms with Gasteiger partial charge in [0.05, 0.1) is 9.48 Å². The lowest BCUT2D eigenvalue weighted by molar-refractivity contribution is 0.585. The molecule has 0 bridgehead atoms. The van der Waals surface area contributed by atoms with E-state index in [9.17, 15) is 8.42 Å². The molecule has 0 unspecified atom stereocenters. The highest BCUT2D eigenvalue weighted by atomic mass is 79.9. The van der Waals surface area contributed by atoms with Crippen molar-refractivity contribution in [3.05, 3.63) is 45.5 Å². The maximum atomic E-state index is 12.1. The van der Waals surface area contributed by atoms with Crippen molar-refractivity contribution in [3.8, 4) is 5.82 Å². The molecule has 138 valence electrons. The van der Waals surface area contributed by atoms with Gasteiger partial charge in [0, 0.05) is 18.8 Å². The van der Waals surface area contributed by atoms with Gasteiger partial charge in [0.15, 0.2) is 5.82 Å². The quantitative estimate of drug-likeness (QED) is 0.529. The molecule has 0 fully saturated rings. The second kappa shape index (κ2) is 7.82. The van der Waals surface area contributed by atoms with Gasteiger partial charge in [-0.1, -0.05) is 0 Å². The van der Waals surface area contributed by atoms with E-state index in [0.29, 0.717) is 18.2 Å². The van der Waals surface area contributed by atoms with Crippen LogP contribution in [0.15, 0.2) is 38.3 Å². The van der Waals surface area contributed by atoms with Crippen molar-refractivity contribution in [1.29, 1.82) is 0 Å². The highest BCUT2D eigenvalue weighted by Crippen LogP contribution is 2.25.